The Morgan fingerprint density at radius 3 is 2.64 bits per heavy atom. The number of benzene rings is 1. The van der Waals surface area contributed by atoms with Crippen molar-refractivity contribution in [1.29, 1.82) is 0 Å². The van der Waals surface area contributed by atoms with Gasteiger partial charge in [0.2, 0.25) is 5.91 Å². The molecule has 1 N–H and O–H groups in total. The molecule has 1 aliphatic rings. The summed E-state index contributed by atoms with van der Waals surface area (Å²) in [7, 11) is 0. The van der Waals surface area contributed by atoms with E-state index in [2.05, 4.69) is 20.6 Å². The van der Waals surface area contributed by atoms with Gasteiger partial charge in [-0.2, -0.15) is 0 Å². The van der Waals surface area contributed by atoms with Gasteiger partial charge in [0.25, 0.3) is 0 Å². The Kier molecular flexibility index (Phi) is 4.01. The summed E-state index contributed by atoms with van der Waals surface area (Å²) < 4.78 is 1.62. The number of amides is 1. The molecule has 25 heavy (non-hydrogen) atoms. The molecule has 1 aliphatic carbocycles. The largest absolute Gasteiger partial charge is 0.351 e. The number of carbonyl (C=O) groups is 1. The molecule has 1 atom stereocenters. The van der Waals surface area contributed by atoms with Gasteiger partial charge in [-0.25, -0.2) is 4.68 Å². The van der Waals surface area contributed by atoms with Crippen LogP contribution in [0.1, 0.15) is 30.1 Å². The number of aromatic nitrogens is 4. The zero-order valence-corrected chi connectivity index (χ0v) is 14.0. The Morgan fingerprint density at radius 1 is 1.12 bits per heavy atom. The molecule has 2 heterocycles. The number of pyridine rings is 1. The van der Waals surface area contributed by atoms with Crippen molar-refractivity contribution < 1.29 is 4.79 Å². The fraction of sp³-hybridized carbons (Fsp3) is 0.263. The Hall–Kier alpha value is -3.02. The second kappa shape index (κ2) is 6.47. The molecule has 1 unspecified atom stereocenters. The normalized spacial score (nSPS) is 14.9. The highest BCUT2D eigenvalue weighted by Crippen LogP contribution is 2.24. The summed E-state index contributed by atoms with van der Waals surface area (Å²) >= 11 is 0. The minimum absolute atomic E-state index is 0.0534. The molecule has 3 aromatic rings. The van der Waals surface area contributed by atoms with Crippen LogP contribution in [0.5, 0.6) is 0 Å². The van der Waals surface area contributed by atoms with Crippen LogP contribution in [0.15, 0.2) is 54.7 Å². The fourth-order valence-electron chi connectivity index (χ4n) is 2.77. The second-order valence-electron chi connectivity index (χ2n) is 6.34. The highest BCUT2D eigenvalue weighted by molar-refractivity contribution is 5.84. The van der Waals surface area contributed by atoms with Crippen molar-refractivity contribution in [2.75, 3.05) is 0 Å². The topological polar surface area (TPSA) is 72.7 Å². The zero-order valence-electron chi connectivity index (χ0n) is 14.0. The average Bonchev–Trinajstić information content (AvgIpc) is 3.30. The maximum atomic E-state index is 12.8. The zero-order chi connectivity index (χ0) is 17.2. The second-order valence-corrected chi connectivity index (χ2v) is 6.34. The Labute approximate surface area is 145 Å². The minimum atomic E-state index is -0.534. The van der Waals surface area contributed by atoms with Gasteiger partial charge in [-0.3, -0.25) is 9.78 Å². The van der Waals surface area contributed by atoms with Crippen LogP contribution in [-0.4, -0.2) is 31.9 Å². The summed E-state index contributed by atoms with van der Waals surface area (Å²) in [4.78, 5) is 17.3. The van der Waals surface area contributed by atoms with Crippen molar-refractivity contribution in [1.82, 2.24) is 25.3 Å². The maximum Gasteiger partial charge on any atom is 0.249 e. The van der Waals surface area contributed by atoms with E-state index in [0.29, 0.717) is 11.7 Å². The first kappa shape index (κ1) is 15.5. The van der Waals surface area contributed by atoms with Crippen LogP contribution >= 0.6 is 0 Å². The smallest absolute Gasteiger partial charge is 0.249 e. The lowest BCUT2D eigenvalue weighted by atomic mass is 10.1. The van der Waals surface area contributed by atoms with E-state index in [-0.39, 0.29) is 5.91 Å². The molecule has 0 saturated heterocycles. The lowest BCUT2D eigenvalue weighted by Crippen LogP contribution is -2.35. The number of carbonyl (C=O) groups excluding carboxylic acids is 1. The van der Waals surface area contributed by atoms with Gasteiger partial charge < -0.3 is 5.32 Å². The van der Waals surface area contributed by atoms with Crippen LogP contribution in [0, 0.1) is 6.92 Å². The SMILES string of the molecule is Cc1cccc(-c2cn(C(C(=O)NC3CC3)c3ccccc3)nn2)n1. The maximum absolute atomic E-state index is 12.8. The van der Waals surface area contributed by atoms with E-state index < -0.39 is 6.04 Å². The molecule has 126 valence electrons. The molecule has 0 bridgehead atoms. The van der Waals surface area contributed by atoms with Gasteiger partial charge in [-0.15, -0.1) is 5.10 Å². The molecule has 1 fully saturated rings. The van der Waals surface area contributed by atoms with Crippen molar-refractivity contribution in [2.24, 2.45) is 0 Å². The van der Waals surface area contributed by atoms with Gasteiger partial charge in [0.15, 0.2) is 6.04 Å². The molecule has 0 aliphatic heterocycles. The molecule has 1 aromatic carbocycles. The predicted octanol–water partition coefficient (Wildman–Crippen LogP) is 2.52. The highest BCUT2D eigenvalue weighted by Gasteiger charge is 2.30. The first-order valence-electron chi connectivity index (χ1n) is 8.42. The summed E-state index contributed by atoms with van der Waals surface area (Å²) in [5.41, 5.74) is 3.21. The van der Waals surface area contributed by atoms with Gasteiger partial charge >= 0.3 is 0 Å². The van der Waals surface area contributed by atoms with Crippen LogP contribution in [0.3, 0.4) is 0 Å². The molecule has 4 rings (SSSR count). The Balaban J connectivity index is 1.68. The van der Waals surface area contributed by atoms with Gasteiger partial charge in [0, 0.05) is 11.7 Å². The third-order valence-electron chi connectivity index (χ3n) is 4.21. The molecule has 1 saturated carbocycles. The number of nitrogens with zero attached hydrogens (tertiary/aromatic N) is 4. The van der Waals surface area contributed by atoms with Crippen molar-refractivity contribution in [3.05, 3.63) is 66.0 Å². The van der Waals surface area contributed by atoms with Crippen LogP contribution in [0.25, 0.3) is 11.4 Å². The standard InChI is InChI=1S/C19H19N5O/c1-13-6-5-9-16(20-13)17-12-24(23-22-17)18(14-7-3-2-4-8-14)19(25)21-15-10-11-15/h2-9,12,15,18H,10-11H2,1H3,(H,21,25). The molecule has 6 heteroatoms. The summed E-state index contributed by atoms with van der Waals surface area (Å²) in [5.74, 6) is -0.0534. The van der Waals surface area contributed by atoms with Crippen molar-refractivity contribution in [3.63, 3.8) is 0 Å². The highest BCUT2D eigenvalue weighted by atomic mass is 16.2. The van der Waals surface area contributed by atoms with E-state index in [1.165, 1.54) is 0 Å². The quantitative estimate of drug-likeness (QED) is 0.779. The molecule has 2 aromatic heterocycles. The van der Waals surface area contributed by atoms with E-state index in [1.54, 1.807) is 10.9 Å². The van der Waals surface area contributed by atoms with Crippen LogP contribution in [-0.2, 0) is 4.79 Å². The summed E-state index contributed by atoms with van der Waals surface area (Å²) in [6.45, 7) is 1.93. The van der Waals surface area contributed by atoms with Crippen LogP contribution in [0.2, 0.25) is 0 Å². The van der Waals surface area contributed by atoms with E-state index in [4.69, 9.17) is 0 Å². The van der Waals surface area contributed by atoms with Crippen LogP contribution < -0.4 is 5.32 Å². The lowest BCUT2D eigenvalue weighted by Gasteiger charge is -2.17. The average molecular weight is 333 g/mol. The van der Waals surface area contributed by atoms with E-state index in [0.717, 1.165) is 29.8 Å². The van der Waals surface area contributed by atoms with E-state index in [9.17, 15) is 4.79 Å². The summed E-state index contributed by atoms with van der Waals surface area (Å²) in [6, 6.07) is 15.2. The molecule has 0 radical (unpaired) electrons. The van der Waals surface area contributed by atoms with Crippen molar-refractivity contribution in [3.8, 4) is 11.4 Å². The molecule has 0 spiro atoms. The van der Waals surface area contributed by atoms with Gasteiger partial charge in [0.05, 0.1) is 11.9 Å². The monoisotopic (exact) mass is 333 g/mol. The van der Waals surface area contributed by atoms with Crippen molar-refractivity contribution >= 4 is 5.91 Å². The number of nitrogens with one attached hydrogen (secondary N) is 1. The lowest BCUT2D eigenvalue weighted by molar-refractivity contribution is -0.123. The van der Waals surface area contributed by atoms with Gasteiger partial charge in [-0.05, 0) is 37.5 Å². The third kappa shape index (κ3) is 3.42. The number of rotatable bonds is 5. The number of hydrogen-bond donors (Lipinski definition) is 1. The van der Waals surface area contributed by atoms with E-state index in [1.807, 2.05) is 55.5 Å². The Bertz CT molecular complexity index is 886. The molecule has 6 nitrogen and oxygen atoms in total. The molecular weight excluding hydrogens is 314 g/mol. The fourth-order valence-corrected chi connectivity index (χ4v) is 2.77. The third-order valence-corrected chi connectivity index (χ3v) is 4.21. The van der Waals surface area contributed by atoms with Crippen LogP contribution in [0.4, 0.5) is 0 Å². The first-order chi connectivity index (χ1) is 12.2. The number of aryl methyl sites for hydroxylation is 1. The Morgan fingerprint density at radius 2 is 1.92 bits per heavy atom. The van der Waals surface area contributed by atoms with Gasteiger partial charge in [0.1, 0.15) is 5.69 Å². The van der Waals surface area contributed by atoms with E-state index >= 15 is 0 Å². The number of hydrogen-bond acceptors (Lipinski definition) is 4. The minimum Gasteiger partial charge on any atom is -0.351 e. The van der Waals surface area contributed by atoms with Crippen molar-refractivity contribution in [2.45, 2.75) is 31.8 Å². The molecule has 1 amide bonds. The predicted molar refractivity (Wildman–Crippen MR) is 93.7 cm³/mol. The van der Waals surface area contributed by atoms with Gasteiger partial charge in [-0.1, -0.05) is 41.6 Å². The summed E-state index contributed by atoms with van der Waals surface area (Å²) in [6.07, 6.45) is 3.87. The molecular formula is C19H19N5O. The first-order valence-corrected chi connectivity index (χ1v) is 8.42. The summed E-state index contributed by atoms with van der Waals surface area (Å²) in [5, 5.41) is 11.5.